The molecule has 0 N–H and O–H groups in total. The quantitative estimate of drug-likeness (QED) is 0.780. The summed E-state index contributed by atoms with van der Waals surface area (Å²) in [5.41, 5.74) is 3.18. The van der Waals surface area contributed by atoms with Crippen LogP contribution in [0.4, 0.5) is 0 Å². The highest BCUT2D eigenvalue weighted by molar-refractivity contribution is 5.95. The number of piperidine rings is 1. The van der Waals surface area contributed by atoms with Crippen LogP contribution in [0.5, 0.6) is 5.88 Å². The van der Waals surface area contributed by atoms with Crippen LogP contribution in [0.2, 0.25) is 0 Å². The Morgan fingerprint density at radius 3 is 2.96 bits per heavy atom. The molecular formula is C21H27N3O3. The maximum absolute atomic E-state index is 13.0. The van der Waals surface area contributed by atoms with Gasteiger partial charge in [-0.2, -0.15) is 0 Å². The molecule has 1 aliphatic heterocycles. The Bertz CT molecular complexity index is 794. The van der Waals surface area contributed by atoms with Gasteiger partial charge in [0.2, 0.25) is 5.88 Å². The number of amides is 1. The van der Waals surface area contributed by atoms with Crippen LogP contribution >= 0.6 is 0 Å². The van der Waals surface area contributed by atoms with Crippen LogP contribution < -0.4 is 4.74 Å². The lowest BCUT2D eigenvalue weighted by molar-refractivity contribution is 0.00211. The number of nitrogens with zero attached hydrogens (tertiary/aromatic N) is 3. The summed E-state index contributed by atoms with van der Waals surface area (Å²) in [6.45, 7) is 6.18. The number of aromatic nitrogens is 2. The molecule has 2 aromatic rings. The number of carbonyl (C=O) groups excluding carboxylic acids is 1. The van der Waals surface area contributed by atoms with Gasteiger partial charge in [-0.1, -0.05) is 19.1 Å². The van der Waals surface area contributed by atoms with Gasteiger partial charge in [-0.25, -0.2) is 9.97 Å². The zero-order valence-corrected chi connectivity index (χ0v) is 16.3. The van der Waals surface area contributed by atoms with E-state index in [1.807, 2.05) is 36.1 Å². The molecule has 2 heterocycles. The maximum Gasteiger partial charge on any atom is 0.253 e. The molecule has 0 radical (unpaired) electrons. The fraction of sp³-hybridized carbons (Fsp3) is 0.476. The summed E-state index contributed by atoms with van der Waals surface area (Å²) >= 11 is 0. The Morgan fingerprint density at radius 2 is 2.19 bits per heavy atom. The fourth-order valence-corrected chi connectivity index (χ4v) is 3.47. The largest absolute Gasteiger partial charge is 0.480 e. The summed E-state index contributed by atoms with van der Waals surface area (Å²) in [6.07, 6.45) is 4.60. The Hall–Kier alpha value is -2.47. The van der Waals surface area contributed by atoms with Gasteiger partial charge in [0.05, 0.1) is 24.5 Å². The van der Waals surface area contributed by atoms with Gasteiger partial charge in [0.25, 0.3) is 5.91 Å². The van der Waals surface area contributed by atoms with E-state index in [-0.39, 0.29) is 12.0 Å². The zero-order valence-electron chi connectivity index (χ0n) is 16.3. The van der Waals surface area contributed by atoms with Crippen molar-refractivity contribution in [3.05, 3.63) is 41.9 Å². The Balaban J connectivity index is 1.82. The lowest BCUT2D eigenvalue weighted by Gasteiger charge is -2.32. The molecule has 0 bridgehead atoms. The van der Waals surface area contributed by atoms with Crippen molar-refractivity contribution in [2.24, 2.45) is 0 Å². The smallest absolute Gasteiger partial charge is 0.253 e. The van der Waals surface area contributed by atoms with E-state index in [9.17, 15) is 4.79 Å². The van der Waals surface area contributed by atoms with Crippen molar-refractivity contribution < 1.29 is 14.3 Å². The van der Waals surface area contributed by atoms with Crippen LogP contribution in [0.3, 0.4) is 0 Å². The molecule has 1 amide bonds. The van der Waals surface area contributed by atoms with Gasteiger partial charge >= 0.3 is 0 Å². The third-order valence-corrected chi connectivity index (χ3v) is 4.82. The van der Waals surface area contributed by atoms with Gasteiger partial charge in [0.15, 0.2) is 0 Å². The number of likely N-dealkylation sites (tertiary alicyclic amines) is 1. The highest BCUT2D eigenvalue weighted by atomic mass is 16.5. The first-order valence-electron chi connectivity index (χ1n) is 9.51. The first kappa shape index (κ1) is 19.3. The third-order valence-electron chi connectivity index (χ3n) is 4.82. The zero-order chi connectivity index (χ0) is 19.2. The Labute approximate surface area is 160 Å². The Morgan fingerprint density at radius 1 is 1.33 bits per heavy atom. The molecule has 0 aliphatic carbocycles. The van der Waals surface area contributed by atoms with Crippen molar-refractivity contribution >= 4 is 5.91 Å². The summed E-state index contributed by atoms with van der Waals surface area (Å²) in [7, 11) is 1.59. The first-order valence-corrected chi connectivity index (χ1v) is 9.51. The summed E-state index contributed by atoms with van der Waals surface area (Å²) in [6, 6.07) is 7.60. The van der Waals surface area contributed by atoms with Gasteiger partial charge < -0.3 is 14.4 Å². The van der Waals surface area contributed by atoms with Crippen LogP contribution in [0, 0.1) is 6.92 Å². The molecule has 1 aromatic carbocycles. The summed E-state index contributed by atoms with van der Waals surface area (Å²) in [5.74, 6) is 0.549. The minimum Gasteiger partial charge on any atom is -0.480 e. The predicted octanol–water partition coefficient (Wildman–Crippen LogP) is 3.49. The SMILES string of the molecule is CCCOC1CCCN(C(=O)c2cccc(-c3c(C)ncnc3OC)c2)C1. The van der Waals surface area contributed by atoms with Crippen molar-refractivity contribution in [1.82, 2.24) is 14.9 Å². The lowest BCUT2D eigenvalue weighted by atomic mass is 10.0. The number of methoxy groups -OCH3 is 1. The van der Waals surface area contributed by atoms with Crippen LogP contribution in [0.1, 0.15) is 42.2 Å². The Kier molecular flexibility index (Phi) is 6.40. The van der Waals surface area contributed by atoms with Crippen molar-refractivity contribution in [3.63, 3.8) is 0 Å². The third kappa shape index (κ3) is 4.45. The average molecular weight is 369 g/mol. The summed E-state index contributed by atoms with van der Waals surface area (Å²) in [5, 5.41) is 0. The van der Waals surface area contributed by atoms with Crippen LogP contribution in [-0.2, 0) is 4.74 Å². The highest BCUT2D eigenvalue weighted by Crippen LogP contribution is 2.31. The molecule has 1 fully saturated rings. The number of ether oxygens (including phenoxy) is 2. The van der Waals surface area contributed by atoms with E-state index in [1.54, 1.807) is 7.11 Å². The minimum absolute atomic E-state index is 0.0371. The monoisotopic (exact) mass is 369 g/mol. The molecule has 0 saturated carbocycles. The molecule has 1 aromatic heterocycles. The number of carbonyl (C=O) groups is 1. The first-order chi connectivity index (χ1) is 13.1. The van der Waals surface area contributed by atoms with Crippen molar-refractivity contribution in [2.45, 2.75) is 39.2 Å². The van der Waals surface area contributed by atoms with E-state index in [1.165, 1.54) is 6.33 Å². The van der Waals surface area contributed by atoms with E-state index in [0.29, 0.717) is 18.0 Å². The van der Waals surface area contributed by atoms with E-state index in [4.69, 9.17) is 9.47 Å². The van der Waals surface area contributed by atoms with Crippen LogP contribution in [-0.4, -0.2) is 53.7 Å². The number of aryl methyl sites for hydroxylation is 1. The molecule has 3 rings (SSSR count). The van der Waals surface area contributed by atoms with E-state index >= 15 is 0 Å². The molecule has 27 heavy (non-hydrogen) atoms. The lowest BCUT2D eigenvalue weighted by Crippen LogP contribution is -2.43. The second-order valence-corrected chi connectivity index (χ2v) is 6.81. The molecule has 1 aliphatic rings. The van der Waals surface area contributed by atoms with Gasteiger partial charge in [-0.15, -0.1) is 0 Å². The number of hydrogen-bond acceptors (Lipinski definition) is 5. The molecule has 1 atom stereocenters. The van der Waals surface area contributed by atoms with Crippen molar-refractivity contribution in [3.8, 4) is 17.0 Å². The number of hydrogen-bond donors (Lipinski definition) is 0. The predicted molar refractivity (Wildman–Crippen MR) is 104 cm³/mol. The second-order valence-electron chi connectivity index (χ2n) is 6.81. The molecular weight excluding hydrogens is 342 g/mol. The van der Waals surface area contributed by atoms with Gasteiger partial charge in [0.1, 0.15) is 6.33 Å². The average Bonchev–Trinajstić information content (AvgIpc) is 2.71. The van der Waals surface area contributed by atoms with Gasteiger partial charge in [-0.05, 0) is 43.9 Å². The van der Waals surface area contributed by atoms with E-state index in [2.05, 4.69) is 16.9 Å². The summed E-state index contributed by atoms with van der Waals surface area (Å²) in [4.78, 5) is 23.4. The topological polar surface area (TPSA) is 64.5 Å². The number of benzene rings is 1. The van der Waals surface area contributed by atoms with E-state index in [0.717, 1.165) is 49.2 Å². The molecule has 1 saturated heterocycles. The van der Waals surface area contributed by atoms with Gasteiger partial charge in [-0.3, -0.25) is 4.79 Å². The van der Waals surface area contributed by atoms with Gasteiger partial charge in [0, 0.05) is 25.3 Å². The highest BCUT2D eigenvalue weighted by Gasteiger charge is 2.25. The standard InChI is InChI=1S/C21H27N3O3/c1-4-11-27-18-9-6-10-24(13-18)21(25)17-8-5-7-16(12-17)19-15(2)22-14-23-20(19)26-3/h5,7-8,12,14,18H,4,6,9-11,13H2,1-3H3. The van der Waals surface area contributed by atoms with Crippen molar-refractivity contribution in [2.75, 3.05) is 26.8 Å². The molecule has 6 nitrogen and oxygen atoms in total. The van der Waals surface area contributed by atoms with E-state index < -0.39 is 0 Å². The molecule has 6 heteroatoms. The maximum atomic E-state index is 13.0. The molecule has 0 spiro atoms. The van der Waals surface area contributed by atoms with Crippen LogP contribution in [0.25, 0.3) is 11.1 Å². The fourth-order valence-electron chi connectivity index (χ4n) is 3.47. The normalized spacial score (nSPS) is 17.0. The van der Waals surface area contributed by atoms with Crippen LogP contribution in [0.15, 0.2) is 30.6 Å². The van der Waals surface area contributed by atoms with Crippen molar-refractivity contribution in [1.29, 1.82) is 0 Å². The minimum atomic E-state index is 0.0371. The molecule has 144 valence electrons. The summed E-state index contributed by atoms with van der Waals surface area (Å²) < 4.78 is 11.2. The number of rotatable bonds is 6. The second kappa shape index (κ2) is 8.95. The molecule has 1 unspecified atom stereocenters.